The molecule has 1 N–H and O–H groups in total. The number of piperazine rings is 1. The van der Waals surface area contributed by atoms with E-state index in [1.54, 1.807) is 12.0 Å². The molecular weight excluding hydrogens is 306 g/mol. The van der Waals surface area contributed by atoms with Crippen molar-refractivity contribution < 1.29 is 14.3 Å². The van der Waals surface area contributed by atoms with Crippen LogP contribution < -0.4 is 15.0 Å². The van der Waals surface area contributed by atoms with Crippen LogP contribution >= 0.6 is 0 Å². The molecular formula is C18H27N3O3. The van der Waals surface area contributed by atoms with Gasteiger partial charge in [0.05, 0.1) is 13.7 Å². The molecule has 2 amide bonds. The number of benzene rings is 1. The van der Waals surface area contributed by atoms with Gasteiger partial charge in [0.2, 0.25) is 11.8 Å². The van der Waals surface area contributed by atoms with Gasteiger partial charge in [-0.05, 0) is 12.1 Å². The summed E-state index contributed by atoms with van der Waals surface area (Å²) < 4.78 is 5.26. The highest BCUT2D eigenvalue weighted by atomic mass is 16.5. The Bertz CT molecular complexity index is 587. The van der Waals surface area contributed by atoms with Crippen molar-refractivity contribution in [1.29, 1.82) is 0 Å². The van der Waals surface area contributed by atoms with E-state index < -0.39 is 5.41 Å². The number of anilines is 1. The summed E-state index contributed by atoms with van der Waals surface area (Å²) in [5, 5.41) is 2.72. The molecule has 1 heterocycles. The van der Waals surface area contributed by atoms with Gasteiger partial charge in [-0.25, -0.2) is 0 Å². The molecule has 0 bridgehead atoms. The first-order valence-electron chi connectivity index (χ1n) is 8.26. The number of hydrogen-bond donors (Lipinski definition) is 1. The second-order valence-corrected chi connectivity index (χ2v) is 7.00. The van der Waals surface area contributed by atoms with Crippen molar-refractivity contribution in [3.63, 3.8) is 0 Å². The molecule has 132 valence electrons. The first kappa shape index (κ1) is 18.1. The fourth-order valence-corrected chi connectivity index (χ4v) is 2.55. The highest BCUT2D eigenvalue weighted by molar-refractivity contribution is 5.87. The molecule has 0 spiro atoms. The first-order chi connectivity index (χ1) is 11.3. The molecule has 1 aromatic carbocycles. The Morgan fingerprint density at radius 1 is 1.17 bits per heavy atom. The Balaban J connectivity index is 1.83. The fraction of sp³-hybridized carbons (Fsp3) is 0.556. The summed E-state index contributed by atoms with van der Waals surface area (Å²) in [4.78, 5) is 28.1. The zero-order valence-electron chi connectivity index (χ0n) is 15.0. The van der Waals surface area contributed by atoms with Gasteiger partial charge in [0, 0.05) is 43.3 Å². The third-order valence-electron chi connectivity index (χ3n) is 4.13. The van der Waals surface area contributed by atoms with Gasteiger partial charge in [0.25, 0.3) is 0 Å². The van der Waals surface area contributed by atoms with E-state index >= 15 is 0 Å². The number of hydrogen-bond acceptors (Lipinski definition) is 4. The maximum Gasteiger partial charge on any atom is 0.242 e. The SMILES string of the molecule is COc1cccc(N2CCN(C(=O)CNC(=O)C(C)(C)C)CC2)c1. The van der Waals surface area contributed by atoms with Crippen LogP contribution in [0.15, 0.2) is 24.3 Å². The van der Waals surface area contributed by atoms with Gasteiger partial charge < -0.3 is 19.9 Å². The number of rotatable bonds is 4. The molecule has 1 fully saturated rings. The maximum absolute atomic E-state index is 12.2. The molecule has 1 aliphatic heterocycles. The minimum atomic E-state index is -0.481. The van der Waals surface area contributed by atoms with E-state index in [1.807, 2.05) is 45.0 Å². The van der Waals surface area contributed by atoms with Crippen LogP contribution in [-0.2, 0) is 9.59 Å². The van der Waals surface area contributed by atoms with Gasteiger partial charge in [-0.2, -0.15) is 0 Å². The molecule has 0 unspecified atom stereocenters. The number of carbonyl (C=O) groups is 2. The number of methoxy groups -OCH3 is 1. The van der Waals surface area contributed by atoms with Crippen LogP contribution in [0.5, 0.6) is 5.75 Å². The summed E-state index contributed by atoms with van der Waals surface area (Å²) in [6, 6.07) is 7.93. The van der Waals surface area contributed by atoms with Crippen LogP contribution in [0.4, 0.5) is 5.69 Å². The van der Waals surface area contributed by atoms with Crippen molar-refractivity contribution in [2.45, 2.75) is 20.8 Å². The van der Waals surface area contributed by atoms with E-state index in [0.29, 0.717) is 13.1 Å². The van der Waals surface area contributed by atoms with Gasteiger partial charge >= 0.3 is 0 Å². The molecule has 1 aliphatic rings. The highest BCUT2D eigenvalue weighted by Gasteiger charge is 2.24. The quantitative estimate of drug-likeness (QED) is 0.907. The molecule has 0 saturated carbocycles. The van der Waals surface area contributed by atoms with Crippen molar-refractivity contribution in [2.75, 3.05) is 44.7 Å². The van der Waals surface area contributed by atoms with Gasteiger partial charge in [-0.15, -0.1) is 0 Å². The second-order valence-electron chi connectivity index (χ2n) is 7.00. The second kappa shape index (κ2) is 7.55. The average molecular weight is 333 g/mol. The minimum absolute atomic E-state index is 0.0297. The van der Waals surface area contributed by atoms with E-state index in [1.165, 1.54) is 0 Å². The summed E-state index contributed by atoms with van der Waals surface area (Å²) in [6.07, 6.45) is 0. The van der Waals surface area contributed by atoms with Crippen LogP contribution in [0.1, 0.15) is 20.8 Å². The van der Waals surface area contributed by atoms with E-state index in [9.17, 15) is 9.59 Å². The topological polar surface area (TPSA) is 61.9 Å². The lowest BCUT2D eigenvalue weighted by atomic mass is 9.96. The van der Waals surface area contributed by atoms with Gasteiger partial charge in [-0.1, -0.05) is 26.8 Å². The predicted molar refractivity (Wildman–Crippen MR) is 94.3 cm³/mol. The van der Waals surface area contributed by atoms with E-state index in [4.69, 9.17) is 4.74 Å². The number of nitrogens with zero attached hydrogens (tertiary/aromatic N) is 2. The third-order valence-corrected chi connectivity index (χ3v) is 4.13. The summed E-state index contributed by atoms with van der Waals surface area (Å²) >= 11 is 0. The largest absolute Gasteiger partial charge is 0.497 e. The van der Waals surface area contributed by atoms with Gasteiger partial charge in [0.1, 0.15) is 5.75 Å². The lowest BCUT2D eigenvalue weighted by Gasteiger charge is -2.36. The zero-order valence-corrected chi connectivity index (χ0v) is 15.0. The summed E-state index contributed by atoms with van der Waals surface area (Å²) in [5.74, 6) is 0.694. The van der Waals surface area contributed by atoms with Gasteiger partial charge in [0.15, 0.2) is 0 Å². The number of nitrogens with one attached hydrogen (secondary N) is 1. The molecule has 6 nitrogen and oxygen atoms in total. The molecule has 0 radical (unpaired) electrons. The molecule has 0 atom stereocenters. The van der Waals surface area contributed by atoms with Crippen molar-refractivity contribution in [3.05, 3.63) is 24.3 Å². The Kier molecular flexibility index (Phi) is 5.70. The summed E-state index contributed by atoms with van der Waals surface area (Å²) in [7, 11) is 1.65. The normalized spacial score (nSPS) is 15.2. The lowest BCUT2D eigenvalue weighted by Crippen LogP contribution is -2.52. The van der Waals surface area contributed by atoms with Crippen molar-refractivity contribution in [3.8, 4) is 5.75 Å². The van der Waals surface area contributed by atoms with E-state index in [-0.39, 0.29) is 18.4 Å². The highest BCUT2D eigenvalue weighted by Crippen LogP contribution is 2.22. The van der Waals surface area contributed by atoms with Crippen LogP contribution in [0, 0.1) is 5.41 Å². The Morgan fingerprint density at radius 2 is 1.83 bits per heavy atom. The van der Waals surface area contributed by atoms with Crippen molar-refractivity contribution in [2.24, 2.45) is 5.41 Å². The molecule has 24 heavy (non-hydrogen) atoms. The minimum Gasteiger partial charge on any atom is -0.497 e. The molecule has 6 heteroatoms. The third kappa shape index (κ3) is 4.63. The van der Waals surface area contributed by atoms with E-state index in [2.05, 4.69) is 10.2 Å². The van der Waals surface area contributed by atoms with Crippen LogP contribution in [0.2, 0.25) is 0 Å². The van der Waals surface area contributed by atoms with Crippen molar-refractivity contribution >= 4 is 17.5 Å². The predicted octanol–water partition coefficient (Wildman–Crippen LogP) is 1.51. The van der Waals surface area contributed by atoms with Crippen molar-refractivity contribution in [1.82, 2.24) is 10.2 Å². The molecule has 1 aromatic rings. The number of carbonyl (C=O) groups excluding carboxylic acids is 2. The summed E-state index contributed by atoms with van der Waals surface area (Å²) in [5.41, 5.74) is 0.619. The smallest absolute Gasteiger partial charge is 0.242 e. The molecule has 0 aliphatic carbocycles. The monoisotopic (exact) mass is 333 g/mol. The number of ether oxygens (including phenoxy) is 1. The van der Waals surface area contributed by atoms with E-state index in [0.717, 1.165) is 24.5 Å². The van der Waals surface area contributed by atoms with Crippen LogP contribution in [-0.4, -0.2) is 56.5 Å². The summed E-state index contributed by atoms with van der Waals surface area (Å²) in [6.45, 7) is 8.41. The van der Waals surface area contributed by atoms with Gasteiger partial charge in [-0.3, -0.25) is 9.59 Å². The first-order valence-corrected chi connectivity index (χ1v) is 8.26. The Hall–Kier alpha value is -2.24. The fourth-order valence-electron chi connectivity index (χ4n) is 2.55. The molecule has 0 aromatic heterocycles. The Morgan fingerprint density at radius 3 is 2.42 bits per heavy atom. The average Bonchev–Trinajstić information content (AvgIpc) is 2.58. The number of amides is 2. The Labute approximate surface area is 143 Å². The maximum atomic E-state index is 12.2. The molecule has 1 saturated heterocycles. The standard InChI is InChI=1S/C18H27N3O3/c1-18(2,3)17(23)19-13-16(22)21-10-8-20(9-11-21)14-6-5-7-15(12-14)24-4/h5-7,12H,8-11,13H2,1-4H3,(H,19,23). The van der Waals surface area contributed by atoms with Crippen LogP contribution in [0.3, 0.4) is 0 Å². The molecule has 2 rings (SSSR count). The van der Waals surface area contributed by atoms with Crippen LogP contribution in [0.25, 0.3) is 0 Å². The zero-order chi connectivity index (χ0) is 17.7. The lowest BCUT2D eigenvalue weighted by molar-refractivity contribution is -0.135.